The zero-order valence-corrected chi connectivity index (χ0v) is 12.3. The standard InChI is InChI=1S/C15H21ClN2O/c1-15(2)8-5-9-17-13(15)10-18-14(19)11-6-3-4-7-12(11)16/h3-4,6-7,13,17H,5,8-10H2,1-2H3,(H,18,19). The third-order valence-electron chi connectivity index (χ3n) is 3.92. The Bertz CT molecular complexity index is 459. The summed E-state index contributed by atoms with van der Waals surface area (Å²) in [5.74, 6) is -0.103. The molecule has 2 N–H and O–H groups in total. The maximum Gasteiger partial charge on any atom is 0.252 e. The van der Waals surface area contributed by atoms with Crippen LogP contribution < -0.4 is 10.6 Å². The fraction of sp³-hybridized carbons (Fsp3) is 0.533. The van der Waals surface area contributed by atoms with Gasteiger partial charge in [-0.3, -0.25) is 4.79 Å². The minimum Gasteiger partial charge on any atom is -0.350 e. The van der Waals surface area contributed by atoms with Crippen molar-refractivity contribution >= 4 is 17.5 Å². The second-order valence-electron chi connectivity index (χ2n) is 5.79. The fourth-order valence-electron chi connectivity index (χ4n) is 2.55. The Morgan fingerprint density at radius 1 is 1.47 bits per heavy atom. The highest BCUT2D eigenvalue weighted by atomic mass is 35.5. The van der Waals surface area contributed by atoms with Gasteiger partial charge in [0.05, 0.1) is 10.6 Å². The number of piperidine rings is 1. The van der Waals surface area contributed by atoms with Crippen LogP contribution in [-0.2, 0) is 0 Å². The van der Waals surface area contributed by atoms with Gasteiger partial charge >= 0.3 is 0 Å². The Morgan fingerprint density at radius 3 is 2.89 bits per heavy atom. The van der Waals surface area contributed by atoms with E-state index in [1.807, 2.05) is 12.1 Å². The lowest BCUT2D eigenvalue weighted by molar-refractivity contribution is 0.0929. The van der Waals surface area contributed by atoms with Crippen LogP contribution in [0, 0.1) is 5.41 Å². The van der Waals surface area contributed by atoms with Crippen LogP contribution in [0.1, 0.15) is 37.0 Å². The first kappa shape index (κ1) is 14.4. The number of rotatable bonds is 3. The van der Waals surface area contributed by atoms with Crippen LogP contribution >= 0.6 is 11.6 Å². The van der Waals surface area contributed by atoms with Gasteiger partial charge < -0.3 is 10.6 Å². The molecule has 3 nitrogen and oxygen atoms in total. The molecule has 1 aliphatic rings. The van der Waals surface area contributed by atoms with Crippen molar-refractivity contribution in [1.29, 1.82) is 0 Å². The summed E-state index contributed by atoms with van der Waals surface area (Å²) in [6.45, 7) is 6.14. The highest BCUT2D eigenvalue weighted by Crippen LogP contribution is 2.29. The number of nitrogens with one attached hydrogen (secondary N) is 2. The molecular formula is C15H21ClN2O. The lowest BCUT2D eigenvalue weighted by Crippen LogP contribution is -2.52. The van der Waals surface area contributed by atoms with Crippen molar-refractivity contribution in [2.24, 2.45) is 5.41 Å². The molecule has 1 heterocycles. The number of hydrogen-bond donors (Lipinski definition) is 2. The van der Waals surface area contributed by atoms with Gasteiger partial charge in [0.25, 0.3) is 5.91 Å². The van der Waals surface area contributed by atoms with E-state index in [9.17, 15) is 4.79 Å². The van der Waals surface area contributed by atoms with E-state index in [1.165, 1.54) is 12.8 Å². The molecule has 4 heteroatoms. The van der Waals surface area contributed by atoms with Crippen molar-refractivity contribution < 1.29 is 4.79 Å². The topological polar surface area (TPSA) is 41.1 Å². The smallest absolute Gasteiger partial charge is 0.252 e. The van der Waals surface area contributed by atoms with E-state index >= 15 is 0 Å². The van der Waals surface area contributed by atoms with Crippen LogP contribution in [0.15, 0.2) is 24.3 Å². The average Bonchev–Trinajstić information content (AvgIpc) is 2.37. The molecule has 1 amide bonds. The highest BCUT2D eigenvalue weighted by Gasteiger charge is 2.32. The van der Waals surface area contributed by atoms with Crippen molar-refractivity contribution in [2.45, 2.75) is 32.7 Å². The van der Waals surface area contributed by atoms with Crippen molar-refractivity contribution in [3.8, 4) is 0 Å². The molecule has 0 aliphatic carbocycles. The zero-order valence-electron chi connectivity index (χ0n) is 11.5. The van der Waals surface area contributed by atoms with Crippen LogP contribution in [0.2, 0.25) is 5.02 Å². The summed E-state index contributed by atoms with van der Waals surface area (Å²) in [5, 5.41) is 6.96. The van der Waals surface area contributed by atoms with Crippen molar-refractivity contribution in [2.75, 3.05) is 13.1 Å². The van der Waals surface area contributed by atoms with E-state index in [0.717, 1.165) is 6.54 Å². The molecule has 19 heavy (non-hydrogen) atoms. The molecule has 104 valence electrons. The summed E-state index contributed by atoms with van der Waals surface area (Å²) in [7, 11) is 0. The number of amides is 1. The summed E-state index contributed by atoms with van der Waals surface area (Å²) in [6.07, 6.45) is 2.38. The Morgan fingerprint density at radius 2 is 2.21 bits per heavy atom. The third-order valence-corrected chi connectivity index (χ3v) is 4.25. The van der Waals surface area contributed by atoms with E-state index < -0.39 is 0 Å². The molecule has 0 spiro atoms. The molecular weight excluding hydrogens is 260 g/mol. The highest BCUT2D eigenvalue weighted by molar-refractivity contribution is 6.33. The second kappa shape index (κ2) is 5.93. The molecule has 1 aliphatic heterocycles. The minimum absolute atomic E-state index is 0.103. The summed E-state index contributed by atoms with van der Waals surface area (Å²) in [6, 6.07) is 7.44. The predicted molar refractivity (Wildman–Crippen MR) is 78.6 cm³/mol. The molecule has 0 radical (unpaired) electrons. The molecule has 1 atom stereocenters. The van der Waals surface area contributed by atoms with Gasteiger partial charge in [0.15, 0.2) is 0 Å². The van der Waals surface area contributed by atoms with Crippen LogP contribution in [0.3, 0.4) is 0 Å². The summed E-state index contributed by atoms with van der Waals surface area (Å²) < 4.78 is 0. The normalized spacial score (nSPS) is 21.9. The fourth-order valence-corrected chi connectivity index (χ4v) is 2.78. The van der Waals surface area contributed by atoms with Gasteiger partial charge in [-0.05, 0) is 36.9 Å². The van der Waals surface area contributed by atoms with Gasteiger partial charge in [0.1, 0.15) is 0 Å². The summed E-state index contributed by atoms with van der Waals surface area (Å²) in [4.78, 5) is 12.1. The number of carbonyl (C=O) groups excluding carboxylic acids is 1. The monoisotopic (exact) mass is 280 g/mol. The Hall–Kier alpha value is -1.06. The van der Waals surface area contributed by atoms with Gasteiger partial charge in [0, 0.05) is 12.6 Å². The van der Waals surface area contributed by atoms with Crippen LogP contribution in [0.25, 0.3) is 0 Å². The first-order valence-corrected chi connectivity index (χ1v) is 7.14. The van der Waals surface area contributed by atoms with Gasteiger partial charge in [0.2, 0.25) is 0 Å². The predicted octanol–water partition coefficient (Wildman–Crippen LogP) is 2.85. The first-order valence-electron chi connectivity index (χ1n) is 6.77. The summed E-state index contributed by atoms with van der Waals surface area (Å²) >= 11 is 6.02. The van der Waals surface area contributed by atoms with Gasteiger partial charge in [-0.2, -0.15) is 0 Å². The molecule has 1 fully saturated rings. The van der Waals surface area contributed by atoms with Gasteiger partial charge in [-0.1, -0.05) is 37.6 Å². The maximum atomic E-state index is 12.1. The lowest BCUT2D eigenvalue weighted by atomic mass is 9.77. The van der Waals surface area contributed by atoms with Gasteiger partial charge in [-0.15, -0.1) is 0 Å². The van der Waals surface area contributed by atoms with E-state index in [0.29, 0.717) is 23.2 Å². The molecule has 0 saturated carbocycles. The number of hydrogen-bond acceptors (Lipinski definition) is 2. The molecule has 1 aromatic carbocycles. The Labute approximate surface area is 119 Å². The lowest BCUT2D eigenvalue weighted by Gasteiger charge is -2.39. The van der Waals surface area contributed by atoms with E-state index in [-0.39, 0.29) is 11.3 Å². The minimum atomic E-state index is -0.103. The SMILES string of the molecule is CC1(C)CCCNC1CNC(=O)c1ccccc1Cl. The number of carbonyl (C=O) groups is 1. The first-order chi connectivity index (χ1) is 9.00. The second-order valence-corrected chi connectivity index (χ2v) is 6.20. The zero-order chi connectivity index (χ0) is 13.9. The van der Waals surface area contributed by atoms with Crippen molar-refractivity contribution in [3.05, 3.63) is 34.9 Å². The largest absolute Gasteiger partial charge is 0.350 e. The van der Waals surface area contributed by atoms with Crippen LogP contribution in [0.5, 0.6) is 0 Å². The quantitative estimate of drug-likeness (QED) is 0.894. The third kappa shape index (κ3) is 3.48. The van der Waals surface area contributed by atoms with Crippen molar-refractivity contribution in [3.63, 3.8) is 0 Å². The number of halogens is 1. The molecule has 0 bridgehead atoms. The molecule has 1 unspecified atom stereocenters. The van der Waals surface area contributed by atoms with Crippen LogP contribution in [0.4, 0.5) is 0 Å². The number of benzene rings is 1. The Kier molecular flexibility index (Phi) is 4.48. The maximum absolute atomic E-state index is 12.1. The molecule has 0 aromatic heterocycles. The molecule has 1 saturated heterocycles. The van der Waals surface area contributed by atoms with E-state index in [2.05, 4.69) is 24.5 Å². The van der Waals surface area contributed by atoms with Crippen LogP contribution in [-0.4, -0.2) is 25.0 Å². The Balaban J connectivity index is 1.95. The van der Waals surface area contributed by atoms with E-state index in [1.54, 1.807) is 12.1 Å². The van der Waals surface area contributed by atoms with E-state index in [4.69, 9.17) is 11.6 Å². The summed E-state index contributed by atoms with van der Waals surface area (Å²) in [5.41, 5.74) is 0.754. The molecule has 1 aromatic rings. The molecule has 2 rings (SSSR count). The van der Waals surface area contributed by atoms with Crippen molar-refractivity contribution in [1.82, 2.24) is 10.6 Å². The average molecular weight is 281 g/mol. The van der Waals surface area contributed by atoms with Gasteiger partial charge in [-0.25, -0.2) is 0 Å².